The highest BCUT2D eigenvalue weighted by atomic mass is 35.5. The van der Waals surface area contributed by atoms with Gasteiger partial charge in [-0.2, -0.15) is 0 Å². The van der Waals surface area contributed by atoms with E-state index in [0.29, 0.717) is 17.3 Å². The maximum atomic E-state index is 12.9. The number of rotatable bonds is 5. The molecule has 0 saturated carbocycles. The van der Waals surface area contributed by atoms with Gasteiger partial charge in [0.05, 0.1) is 18.3 Å². The van der Waals surface area contributed by atoms with Gasteiger partial charge in [-0.05, 0) is 54.1 Å². The molecule has 0 fully saturated rings. The summed E-state index contributed by atoms with van der Waals surface area (Å²) in [6, 6.07) is 24.9. The number of nitrogens with one attached hydrogen (secondary N) is 2. The normalized spacial score (nSPS) is 11.1. The summed E-state index contributed by atoms with van der Waals surface area (Å²) in [5, 5.41) is 5.02. The van der Waals surface area contributed by atoms with Gasteiger partial charge in [-0.3, -0.25) is 4.79 Å². The fourth-order valence-corrected chi connectivity index (χ4v) is 3.98. The number of fused-ring (bicyclic) bond motifs is 3. The summed E-state index contributed by atoms with van der Waals surface area (Å²) < 4.78 is 5.29. The molecule has 32 heavy (non-hydrogen) atoms. The first-order valence-corrected chi connectivity index (χ1v) is 10.7. The van der Waals surface area contributed by atoms with Crippen molar-refractivity contribution in [2.24, 2.45) is 0 Å². The number of aromatic amines is 1. The molecule has 5 rings (SSSR count). The largest absolute Gasteiger partial charge is 0.497 e. The Balaban J connectivity index is 1.62. The Labute approximate surface area is 190 Å². The van der Waals surface area contributed by atoms with Gasteiger partial charge in [0.1, 0.15) is 11.6 Å². The number of hydrogen-bond acceptors (Lipinski definition) is 3. The summed E-state index contributed by atoms with van der Waals surface area (Å²) in [4.78, 5) is 21.2. The van der Waals surface area contributed by atoms with Crippen molar-refractivity contribution < 1.29 is 9.53 Å². The maximum Gasteiger partial charge on any atom is 0.256 e. The second kappa shape index (κ2) is 8.36. The topological polar surface area (TPSA) is 67.0 Å². The van der Waals surface area contributed by atoms with Crippen LogP contribution in [0.5, 0.6) is 5.75 Å². The number of halogens is 1. The van der Waals surface area contributed by atoms with Crippen LogP contribution < -0.4 is 10.1 Å². The zero-order valence-corrected chi connectivity index (χ0v) is 18.1. The summed E-state index contributed by atoms with van der Waals surface area (Å²) >= 11 is 5.85. The van der Waals surface area contributed by atoms with Gasteiger partial charge in [-0.1, -0.05) is 30.3 Å². The average molecular weight is 442 g/mol. The first-order chi connectivity index (χ1) is 15.7. The average Bonchev–Trinajstić information content (AvgIpc) is 3.22. The van der Waals surface area contributed by atoms with Crippen LogP contribution in [0, 0.1) is 0 Å². The third kappa shape index (κ3) is 3.67. The summed E-state index contributed by atoms with van der Waals surface area (Å²) in [5.41, 5.74) is 5.12. The Morgan fingerprint density at radius 3 is 2.47 bits per heavy atom. The van der Waals surface area contributed by atoms with E-state index in [2.05, 4.69) is 16.4 Å². The number of carbonyl (C=O) groups excluding carboxylic acids is 1. The van der Waals surface area contributed by atoms with Crippen LogP contribution in [0.1, 0.15) is 15.9 Å². The van der Waals surface area contributed by atoms with E-state index in [1.54, 1.807) is 19.2 Å². The van der Waals surface area contributed by atoms with Gasteiger partial charge < -0.3 is 15.0 Å². The predicted molar refractivity (Wildman–Crippen MR) is 130 cm³/mol. The molecule has 0 bridgehead atoms. The third-order valence-corrected chi connectivity index (χ3v) is 5.78. The SMILES string of the molecule is COc1ccc(-c2nc(NC(=O)c3ccc(CCl)cc3)cc3c2[nH]c2ccccc23)cc1. The fraction of sp³-hybridized carbons (Fsp3) is 0.0769. The molecule has 0 radical (unpaired) electrons. The van der Waals surface area contributed by atoms with Crippen LogP contribution in [-0.2, 0) is 5.88 Å². The van der Waals surface area contributed by atoms with Crippen molar-refractivity contribution in [3.8, 4) is 17.0 Å². The molecule has 0 aliphatic carbocycles. The van der Waals surface area contributed by atoms with Crippen LogP contribution in [0.3, 0.4) is 0 Å². The molecule has 0 unspecified atom stereocenters. The minimum atomic E-state index is -0.224. The van der Waals surface area contributed by atoms with E-state index in [4.69, 9.17) is 21.3 Å². The van der Waals surface area contributed by atoms with E-state index in [1.807, 2.05) is 60.7 Å². The lowest BCUT2D eigenvalue weighted by Crippen LogP contribution is -2.13. The number of alkyl halides is 1. The van der Waals surface area contributed by atoms with Crippen molar-refractivity contribution in [3.63, 3.8) is 0 Å². The van der Waals surface area contributed by atoms with E-state index >= 15 is 0 Å². The first kappa shape index (κ1) is 20.1. The Kier molecular flexibility index (Phi) is 5.25. The standard InChI is InChI=1S/C26H20ClN3O2/c1-32-19-12-10-17(11-13-19)24-25-21(20-4-2-3-5-22(20)28-25)14-23(29-24)30-26(31)18-8-6-16(15-27)7-9-18/h2-14,28H,15H2,1H3,(H,29,30,31). The molecule has 6 heteroatoms. The molecular formula is C26H20ClN3O2. The molecule has 0 spiro atoms. The summed E-state index contributed by atoms with van der Waals surface area (Å²) in [5.74, 6) is 1.44. The molecule has 1 amide bonds. The van der Waals surface area contributed by atoms with E-state index in [0.717, 1.165) is 44.4 Å². The number of aromatic nitrogens is 2. The lowest BCUT2D eigenvalue weighted by atomic mass is 10.1. The van der Waals surface area contributed by atoms with Crippen LogP contribution >= 0.6 is 11.6 Å². The predicted octanol–water partition coefficient (Wildman–Crippen LogP) is 6.38. The Morgan fingerprint density at radius 1 is 1.00 bits per heavy atom. The number of amides is 1. The molecule has 158 valence electrons. The summed E-state index contributed by atoms with van der Waals surface area (Å²) in [7, 11) is 1.64. The van der Waals surface area contributed by atoms with Crippen LogP contribution in [0.2, 0.25) is 0 Å². The number of para-hydroxylation sites is 1. The number of hydrogen-bond donors (Lipinski definition) is 2. The minimum absolute atomic E-state index is 0.224. The van der Waals surface area contributed by atoms with Gasteiger partial charge >= 0.3 is 0 Å². The zero-order valence-electron chi connectivity index (χ0n) is 17.4. The third-order valence-electron chi connectivity index (χ3n) is 5.47. The van der Waals surface area contributed by atoms with Crippen molar-refractivity contribution in [1.29, 1.82) is 0 Å². The highest BCUT2D eigenvalue weighted by Gasteiger charge is 2.15. The number of pyridine rings is 1. The van der Waals surface area contributed by atoms with Crippen LogP contribution in [0.15, 0.2) is 78.9 Å². The molecule has 2 aromatic heterocycles. The number of methoxy groups -OCH3 is 1. The molecule has 3 aromatic carbocycles. The minimum Gasteiger partial charge on any atom is -0.497 e. The molecule has 0 aliphatic heterocycles. The van der Waals surface area contributed by atoms with Crippen LogP contribution in [0.25, 0.3) is 33.1 Å². The van der Waals surface area contributed by atoms with Crippen molar-refractivity contribution in [2.75, 3.05) is 12.4 Å². The van der Waals surface area contributed by atoms with E-state index in [1.165, 1.54) is 0 Å². The molecule has 5 nitrogen and oxygen atoms in total. The summed E-state index contributed by atoms with van der Waals surface area (Å²) in [6.07, 6.45) is 0. The Hall–Kier alpha value is -3.83. The monoisotopic (exact) mass is 441 g/mol. The number of carbonyl (C=O) groups is 1. The van der Waals surface area contributed by atoms with Crippen molar-refractivity contribution in [2.45, 2.75) is 5.88 Å². The molecule has 0 saturated heterocycles. The zero-order chi connectivity index (χ0) is 22.1. The van der Waals surface area contributed by atoms with Gasteiger partial charge in [-0.25, -0.2) is 4.98 Å². The molecule has 0 aliphatic rings. The quantitative estimate of drug-likeness (QED) is 0.311. The van der Waals surface area contributed by atoms with Crippen molar-refractivity contribution in [1.82, 2.24) is 9.97 Å². The Morgan fingerprint density at radius 2 is 1.75 bits per heavy atom. The van der Waals surface area contributed by atoms with Crippen LogP contribution in [-0.4, -0.2) is 23.0 Å². The number of H-pyrrole nitrogens is 1. The van der Waals surface area contributed by atoms with E-state index in [-0.39, 0.29) is 5.91 Å². The van der Waals surface area contributed by atoms with Crippen molar-refractivity contribution in [3.05, 3.63) is 90.0 Å². The molecule has 0 atom stereocenters. The molecular weight excluding hydrogens is 422 g/mol. The van der Waals surface area contributed by atoms with Gasteiger partial charge in [0.25, 0.3) is 5.91 Å². The van der Waals surface area contributed by atoms with E-state index in [9.17, 15) is 4.79 Å². The van der Waals surface area contributed by atoms with Gasteiger partial charge in [0, 0.05) is 33.3 Å². The van der Waals surface area contributed by atoms with E-state index < -0.39 is 0 Å². The lowest BCUT2D eigenvalue weighted by molar-refractivity contribution is 0.102. The number of nitrogens with zero attached hydrogens (tertiary/aromatic N) is 1. The highest BCUT2D eigenvalue weighted by Crippen LogP contribution is 2.34. The smallest absolute Gasteiger partial charge is 0.256 e. The molecule has 5 aromatic rings. The number of ether oxygens (including phenoxy) is 1. The van der Waals surface area contributed by atoms with Crippen LogP contribution in [0.4, 0.5) is 5.82 Å². The Bertz CT molecular complexity index is 1420. The second-order valence-electron chi connectivity index (χ2n) is 7.46. The van der Waals surface area contributed by atoms with Gasteiger partial charge in [0.15, 0.2) is 0 Å². The lowest BCUT2D eigenvalue weighted by Gasteiger charge is -2.10. The van der Waals surface area contributed by atoms with Crippen molar-refractivity contribution >= 4 is 45.1 Å². The fourth-order valence-electron chi connectivity index (χ4n) is 3.80. The van der Waals surface area contributed by atoms with Gasteiger partial charge in [-0.15, -0.1) is 11.6 Å². The number of benzene rings is 3. The maximum absolute atomic E-state index is 12.9. The first-order valence-electron chi connectivity index (χ1n) is 10.2. The molecule has 2 heterocycles. The van der Waals surface area contributed by atoms with Gasteiger partial charge in [0.2, 0.25) is 0 Å². The second-order valence-corrected chi connectivity index (χ2v) is 7.73. The highest BCUT2D eigenvalue weighted by molar-refractivity contribution is 6.17. The molecule has 2 N–H and O–H groups in total. The summed E-state index contributed by atoms with van der Waals surface area (Å²) in [6.45, 7) is 0. The number of anilines is 1.